The zero-order valence-electron chi connectivity index (χ0n) is 14.3. The van der Waals surface area contributed by atoms with Crippen molar-refractivity contribution in [1.29, 1.82) is 0 Å². The summed E-state index contributed by atoms with van der Waals surface area (Å²) < 4.78 is 63.9. The number of hydrogen-bond acceptors (Lipinski definition) is 3. The topological polar surface area (TPSA) is 61.6 Å². The molecular weight excluding hydrogens is 362 g/mol. The van der Waals surface area contributed by atoms with E-state index in [9.17, 15) is 13.2 Å². The SMILES string of the molecule is CC#[N+][B-]1(C[S+](C)C)C2CCCC1CCC2.O=S(=O)([O-])C(F)(F)F. The van der Waals surface area contributed by atoms with Gasteiger partial charge in [-0.1, -0.05) is 50.2 Å². The predicted molar refractivity (Wildman–Crippen MR) is 93.7 cm³/mol. The van der Waals surface area contributed by atoms with E-state index >= 15 is 0 Å². The van der Waals surface area contributed by atoms with E-state index in [1.54, 1.807) is 0 Å². The van der Waals surface area contributed by atoms with Gasteiger partial charge < -0.3 is 9.31 Å². The fraction of sp³-hybridized carbons (Fsp3) is 0.929. The van der Waals surface area contributed by atoms with Gasteiger partial charge in [-0.05, 0) is 10.9 Å². The smallest absolute Gasteiger partial charge is 0.485 e. The molecule has 0 aromatic carbocycles. The number of hydrogen-bond donors (Lipinski definition) is 0. The van der Waals surface area contributed by atoms with Gasteiger partial charge in [0.15, 0.2) is 16.2 Å². The van der Waals surface area contributed by atoms with Crippen molar-refractivity contribution in [3.8, 4) is 6.07 Å². The Morgan fingerprint density at radius 2 is 1.54 bits per heavy atom. The molecule has 0 aliphatic carbocycles. The second kappa shape index (κ2) is 8.32. The van der Waals surface area contributed by atoms with Crippen LogP contribution in [-0.4, -0.2) is 42.9 Å². The molecule has 0 radical (unpaired) electrons. The highest BCUT2D eigenvalue weighted by Crippen LogP contribution is 2.54. The van der Waals surface area contributed by atoms with Gasteiger partial charge in [0.25, 0.3) is 0 Å². The largest absolute Gasteiger partial charge is 0.741 e. The summed E-state index contributed by atoms with van der Waals surface area (Å²) in [5, 5.41) is 0. The first kappa shape index (κ1) is 21.6. The minimum absolute atomic E-state index is 0.455. The lowest BCUT2D eigenvalue weighted by Gasteiger charge is -2.45. The quantitative estimate of drug-likeness (QED) is 0.313. The number of nitrogens with zero attached hydrogens (tertiary/aromatic N) is 1. The van der Waals surface area contributed by atoms with Gasteiger partial charge in [-0.25, -0.2) is 8.42 Å². The third-order valence-corrected chi connectivity index (χ3v) is 6.95. The summed E-state index contributed by atoms with van der Waals surface area (Å²) in [5.74, 6) is 1.85. The van der Waals surface area contributed by atoms with Gasteiger partial charge >= 0.3 is 11.8 Å². The maximum atomic E-state index is 10.7. The normalized spacial score (nSPS) is 30.0. The Labute approximate surface area is 145 Å². The van der Waals surface area contributed by atoms with Crippen molar-refractivity contribution in [2.24, 2.45) is 0 Å². The second-order valence-corrected chi connectivity index (χ2v) is 10.6. The molecule has 4 nitrogen and oxygen atoms in total. The summed E-state index contributed by atoms with van der Waals surface area (Å²) in [6, 6.07) is 3.17. The average Bonchev–Trinajstić information content (AvgIpc) is 2.35. The lowest BCUT2D eigenvalue weighted by Crippen LogP contribution is -2.52. The molecule has 2 heterocycles. The van der Waals surface area contributed by atoms with E-state index in [1.165, 1.54) is 44.2 Å². The van der Waals surface area contributed by atoms with E-state index in [4.69, 9.17) is 17.7 Å². The molecule has 0 N–H and O–H groups in total. The molecule has 0 atom stereocenters. The standard InChI is InChI=1S/C13H25BNS.CHF3O3S/c1-4-15-14(11-16(2)3)12-7-5-8-13(14)10-6-9-12;2-1(3,4)8(5,6)7/h12-13H,5-11H2,1-3H3;(H,5,6,7)/q+1;/p-1. The second-order valence-electron chi connectivity index (χ2n) is 6.93. The molecule has 2 aliphatic heterocycles. The van der Waals surface area contributed by atoms with Crippen LogP contribution in [0.15, 0.2) is 0 Å². The van der Waals surface area contributed by atoms with E-state index in [0.717, 1.165) is 11.6 Å². The molecule has 0 amide bonds. The predicted octanol–water partition coefficient (Wildman–Crippen LogP) is 3.86. The molecule has 0 saturated carbocycles. The Hall–Kier alpha value is -0.395. The highest BCUT2D eigenvalue weighted by molar-refractivity contribution is 7.97. The zero-order valence-corrected chi connectivity index (χ0v) is 15.9. The summed E-state index contributed by atoms with van der Waals surface area (Å²) in [4.78, 5) is 0. The Kier molecular flexibility index (Phi) is 7.51. The molecule has 24 heavy (non-hydrogen) atoms. The number of rotatable bonds is 2. The molecule has 2 aliphatic rings. The highest BCUT2D eigenvalue weighted by atomic mass is 32.2. The fourth-order valence-corrected chi connectivity index (χ4v) is 6.09. The monoisotopic (exact) mass is 387 g/mol. The van der Waals surface area contributed by atoms with E-state index < -0.39 is 21.9 Å². The van der Waals surface area contributed by atoms with Gasteiger partial charge in [0.1, 0.15) is 0 Å². The van der Waals surface area contributed by atoms with Crippen molar-refractivity contribution in [3.63, 3.8) is 0 Å². The Morgan fingerprint density at radius 3 is 1.79 bits per heavy atom. The maximum Gasteiger partial charge on any atom is 0.485 e. The van der Waals surface area contributed by atoms with Gasteiger partial charge in [0.05, 0.1) is 25.1 Å². The van der Waals surface area contributed by atoms with Crippen molar-refractivity contribution >= 4 is 27.3 Å². The van der Waals surface area contributed by atoms with Crippen LogP contribution >= 0.6 is 0 Å². The Morgan fingerprint density at radius 1 is 1.17 bits per heavy atom. The van der Waals surface area contributed by atoms with Crippen LogP contribution in [0.25, 0.3) is 4.76 Å². The molecule has 2 bridgehead atoms. The van der Waals surface area contributed by atoms with Crippen LogP contribution in [0.5, 0.6) is 0 Å². The molecule has 2 saturated heterocycles. The van der Waals surface area contributed by atoms with E-state index in [-0.39, 0.29) is 0 Å². The molecule has 140 valence electrons. The van der Waals surface area contributed by atoms with Crippen LogP contribution in [0.4, 0.5) is 13.2 Å². The molecular formula is C14H25BF3NO3S2. The van der Waals surface area contributed by atoms with Crippen LogP contribution in [-0.2, 0) is 21.0 Å². The lowest BCUT2D eigenvalue weighted by atomic mass is 9.18. The first-order valence-electron chi connectivity index (χ1n) is 8.07. The van der Waals surface area contributed by atoms with Gasteiger partial charge in [-0.2, -0.15) is 13.2 Å². The lowest BCUT2D eigenvalue weighted by molar-refractivity contribution is -0.0517. The van der Waals surface area contributed by atoms with Crippen molar-refractivity contribution in [2.45, 2.75) is 62.6 Å². The Balaban J connectivity index is 0.000000307. The van der Waals surface area contributed by atoms with Gasteiger partial charge in [-0.3, -0.25) is 0 Å². The number of fused-ring (bicyclic) bond motifs is 2. The maximum absolute atomic E-state index is 10.7. The molecule has 10 heteroatoms. The number of halogens is 3. The first-order valence-corrected chi connectivity index (χ1v) is 11.7. The van der Waals surface area contributed by atoms with Crippen LogP contribution in [0, 0.1) is 6.07 Å². The summed E-state index contributed by atoms with van der Waals surface area (Å²) >= 11 is 0. The van der Waals surface area contributed by atoms with Crippen molar-refractivity contribution in [1.82, 2.24) is 0 Å². The minimum atomic E-state index is -6.09. The molecule has 2 fully saturated rings. The first-order chi connectivity index (χ1) is 10.9. The highest BCUT2D eigenvalue weighted by Gasteiger charge is 2.58. The summed E-state index contributed by atoms with van der Waals surface area (Å²) in [7, 11) is -5.56. The number of alkyl halides is 3. The van der Waals surface area contributed by atoms with E-state index in [1.807, 2.05) is 6.92 Å². The average molecular weight is 387 g/mol. The Bertz CT molecular complexity index is 562. The molecule has 2 rings (SSSR count). The summed E-state index contributed by atoms with van der Waals surface area (Å²) in [5.41, 5.74) is -4.27. The van der Waals surface area contributed by atoms with Gasteiger partial charge in [0.2, 0.25) is 0 Å². The van der Waals surface area contributed by atoms with Crippen LogP contribution in [0.2, 0.25) is 11.6 Å². The van der Waals surface area contributed by atoms with Crippen LogP contribution in [0.3, 0.4) is 0 Å². The summed E-state index contributed by atoms with van der Waals surface area (Å²) in [6.07, 6.45) is 13.0. The third kappa shape index (κ3) is 5.30. The molecule has 0 unspecified atom stereocenters. The van der Waals surface area contributed by atoms with Crippen molar-refractivity contribution in [2.75, 3.05) is 18.2 Å². The van der Waals surface area contributed by atoms with Crippen LogP contribution in [0.1, 0.15) is 45.4 Å². The minimum Gasteiger partial charge on any atom is -0.741 e. The van der Waals surface area contributed by atoms with Gasteiger partial charge in [0, 0.05) is 0 Å². The molecule has 0 aromatic rings. The van der Waals surface area contributed by atoms with E-state index in [0.29, 0.717) is 10.9 Å². The molecule has 0 aromatic heterocycles. The van der Waals surface area contributed by atoms with Crippen molar-refractivity contribution in [3.05, 3.63) is 4.76 Å². The zero-order chi connectivity index (χ0) is 18.6. The summed E-state index contributed by atoms with van der Waals surface area (Å²) in [6.45, 7) is 2.00. The van der Waals surface area contributed by atoms with Crippen LogP contribution < -0.4 is 0 Å². The molecule has 0 spiro atoms. The van der Waals surface area contributed by atoms with Gasteiger partial charge in [-0.15, -0.1) is 0 Å². The fourth-order valence-electron chi connectivity index (χ4n) is 4.41. The third-order valence-electron chi connectivity index (χ3n) is 5.19. The van der Waals surface area contributed by atoms with E-state index in [2.05, 4.69) is 18.6 Å². The van der Waals surface area contributed by atoms with Crippen molar-refractivity contribution < 1.29 is 26.1 Å².